The highest BCUT2D eigenvalue weighted by Crippen LogP contribution is 2.45. The molecule has 2 unspecified atom stereocenters. The van der Waals surface area contributed by atoms with E-state index in [2.05, 4.69) is 59.3 Å². The van der Waals surface area contributed by atoms with Crippen molar-refractivity contribution in [2.24, 2.45) is 5.73 Å². The number of primary amides is 1. The minimum absolute atomic E-state index is 0.102. The fourth-order valence-electron chi connectivity index (χ4n) is 5.89. The molecular formula is C32H36N4O3. The topological polar surface area (TPSA) is 80.9 Å². The Morgan fingerprint density at radius 2 is 1.77 bits per heavy atom. The molecule has 0 saturated carbocycles. The number of nitrogens with zero attached hydrogens (tertiary/aromatic N) is 3. The van der Waals surface area contributed by atoms with Gasteiger partial charge in [0.1, 0.15) is 0 Å². The lowest BCUT2D eigenvalue weighted by atomic mass is 9.79. The number of para-hydroxylation sites is 1. The minimum atomic E-state index is -0.484. The molecule has 3 aromatic carbocycles. The molecule has 5 rings (SSSR count). The van der Waals surface area contributed by atoms with Crippen LogP contribution in [0.4, 0.5) is 10.5 Å². The Labute approximate surface area is 230 Å². The number of hydrogen-bond acceptors (Lipinski definition) is 5. The van der Waals surface area contributed by atoms with Crippen LogP contribution in [0.5, 0.6) is 11.5 Å². The van der Waals surface area contributed by atoms with E-state index in [0.717, 1.165) is 41.8 Å². The molecule has 2 N–H and O–H groups in total. The first-order chi connectivity index (χ1) is 19.0. The summed E-state index contributed by atoms with van der Waals surface area (Å²) < 4.78 is 11.3. The molecule has 2 amide bonds. The first-order valence-corrected chi connectivity index (χ1v) is 13.5. The van der Waals surface area contributed by atoms with Crippen LogP contribution in [0.3, 0.4) is 0 Å². The molecular weight excluding hydrogens is 488 g/mol. The summed E-state index contributed by atoms with van der Waals surface area (Å²) in [5, 5.41) is 0.974. The summed E-state index contributed by atoms with van der Waals surface area (Å²) in [4.78, 5) is 21.3. The summed E-state index contributed by atoms with van der Waals surface area (Å²) in [6.45, 7) is 4.22. The number of nitrogens with two attached hydrogens (primary N) is 1. The molecule has 1 aromatic heterocycles. The van der Waals surface area contributed by atoms with E-state index in [0.29, 0.717) is 18.8 Å². The Morgan fingerprint density at radius 3 is 2.49 bits per heavy atom. The van der Waals surface area contributed by atoms with Crippen LogP contribution < -0.4 is 20.1 Å². The number of hydrogen-bond donors (Lipinski definition) is 1. The predicted octanol–water partition coefficient (Wildman–Crippen LogP) is 5.93. The lowest BCUT2D eigenvalue weighted by Gasteiger charge is -2.42. The van der Waals surface area contributed by atoms with Gasteiger partial charge in [-0.05, 0) is 53.8 Å². The predicted molar refractivity (Wildman–Crippen MR) is 156 cm³/mol. The second-order valence-corrected chi connectivity index (χ2v) is 9.94. The van der Waals surface area contributed by atoms with Crippen molar-refractivity contribution >= 4 is 22.6 Å². The summed E-state index contributed by atoms with van der Waals surface area (Å²) in [6.07, 6.45) is 3.57. The van der Waals surface area contributed by atoms with Gasteiger partial charge in [-0.3, -0.25) is 14.8 Å². The van der Waals surface area contributed by atoms with Crippen LogP contribution in [-0.4, -0.2) is 49.8 Å². The summed E-state index contributed by atoms with van der Waals surface area (Å²) in [5.41, 5.74) is 11.3. The number of pyridine rings is 1. The van der Waals surface area contributed by atoms with Crippen molar-refractivity contribution in [3.8, 4) is 11.5 Å². The van der Waals surface area contributed by atoms with Crippen LogP contribution in [0.25, 0.3) is 10.9 Å². The van der Waals surface area contributed by atoms with Crippen molar-refractivity contribution in [1.29, 1.82) is 0 Å². The molecule has 0 bridgehead atoms. The van der Waals surface area contributed by atoms with E-state index in [-0.39, 0.29) is 12.0 Å². The average molecular weight is 525 g/mol. The van der Waals surface area contributed by atoms with Gasteiger partial charge in [0.25, 0.3) is 0 Å². The van der Waals surface area contributed by atoms with Crippen LogP contribution in [0, 0.1) is 0 Å². The Kier molecular flexibility index (Phi) is 7.98. The third kappa shape index (κ3) is 5.40. The minimum Gasteiger partial charge on any atom is -0.493 e. The maximum absolute atomic E-state index is 12.6. The van der Waals surface area contributed by atoms with Crippen LogP contribution >= 0.6 is 0 Å². The molecule has 2 heterocycles. The van der Waals surface area contributed by atoms with E-state index in [4.69, 9.17) is 15.2 Å². The first-order valence-electron chi connectivity index (χ1n) is 13.5. The lowest BCUT2D eigenvalue weighted by molar-refractivity contribution is 0.159. The van der Waals surface area contributed by atoms with E-state index in [1.54, 1.807) is 25.3 Å². The third-order valence-electron chi connectivity index (χ3n) is 7.84. The third-order valence-corrected chi connectivity index (χ3v) is 7.84. The van der Waals surface area contributed by atoms with Crippen LogP contribution in [0.15, 0.2) is 79.0 Å². The maximum atomic E-state index is 12.6. The average Bonchev–Trinajstić information content (AvgIpc) is 2.97. The highest BCUT2D eigenvalue weighted by Gasteiger charge is 2.35. The summed E-state index contributed by atoms with van der Waals surface area (Å²) >= 11 is 0. The molecule has 1 aliphatic heterocycles. The molecule has 0 fully saturated rings. The summed E-state index contributed by atoms with van der Waals surface area (Å²) in [5.74, 6) is 1.74. The lowest BCUT2D eigenvalue weighted by Crippen LogP contribution is -2.45. The Morgan fingerprint density at radius 1 is 1.05 bits per heavy atom. The van der Waals surface area contributed by atoms with Gasteiger partial charge in [0.2, 0.25) is 0 Å². The number of aromatic nitrogens is 1. The van der Waals surface area contributed by atoms with Crippen LogP contribution in [-0.2, 0) is 6.42 Å². The Balaban J connectivity index is 1.50. The summed E-state index contributed by atoms with van der Waals surface area (Å²) in [7, 11) is 3.35. The van der Waals surface area contributed by atoms with E-state index in [9.17, 15) is 4.79 Å². The molecule has 0 aliphatic carbocycles. The van der Waals surface area contributed by atoms with E-state index in [1.807, 2.05) is 30.3 Å². The molecule has 0 radical (unpaired) electrons. The molecule has 2 atom stereocenters. The first kappa shape index (κ1) is 26.5. The monoisotopic (exact) mass is 524 g/mol. The fourth-order valence-corrected chi connectivity index (χ4v) is 5.89. The number of benzene rings is 3. The highest BCUT2D eigenvalue weighted by molar-refractivity contribution is 5.93. The van der Waals surface area contributed by atoms with Gasteiger partial charge < -0.3 is 15.2 Å². The number of methoxy groups -OCH3 is 2. The number of rotatable bonds is 9. The van der Waals surface area contributed by atoms with Gasteiger partial charge in [0, 0.05) is 37.0 Å². The molecule has 39 heavy (non-hydrogen) atoms. The zero-order chi connectivity index (χ0) is 27.4. The van der Waals surface area contributed by atoms with Gasteiger partial charge in [-0.1, -0.05) is 55.5 Å². The molecule has 4 aromatic rings. The fraction of sp³-hybridized carbons (Fsp3) is 0.312. The number of ether oxygens (including phenoxy) is 2. The number of fused-ring (bicyclic) bond motifs is 2. The number of urea groups is 1. The second-order valence-electron chi connectivity index (χ2n) is 9.94. The van der Waals surface area contributed by atoms with Gasteiger partial charge in [0.15, 0.2) is 11.5 Å². The van der Waals surface area contributed by atoms with E-state index in [1.165, 1.54) is 16.7 Å². The molecule has 1 aliphatic rings. The van der Waals surface area contributed by atoms with Gasteiger partial charge in [0.05, 0.1) is 31.6 Å². The van der Waals surface area contributed by atoms with Crippen molar-refractivity contribution < 1.29 is 14.3 Å². The second kappa shape index (κ2) is 11.7. The standard InChI is InChI=1S/C32H36N4O3/c1-4-26(22-10-6-5-7-11-22)31-27-20-30(39-3)29(38-2)19-23(27)14-15-35(31)16-17-36(32(33)37)25-18-24-12-8-9-13-28(24)34-21-25/h5-13,18-21,26,31H,4,14-17H2,1-3H3,(H2,33,37). The van der Waals surface area contributed by atoms with E-state index < -0.39 is 6.03 Å². The molecule has 7 nitrogen and oxygen atoms in total. The van der Waals surface area contributed by atoms with Crippen molar-refractivity contribution in [2.45, 2.75) is 31.7 Å². The number of carbonyl (C=O) groups excluding carboxylic acids is 1. The number of carbonyl (C=O) groups is 1. The molecule has 7 heteroatoms. The van der Waals surface area contributed by atoms with Gasteiger partial charge >= 0.3 is 6.03 Å². The normalized spacial score (nSPS) is 15.9. The van der Waals surface area contributed by atoms with Crippen molar-refractivity contribution in [2.75, 3.05) is 38.8 Å². The van der Waals surface area contributed by atoms with Crippen molar-refractivity contribution in [3.05, 3.63) is 95.7 Å². The number of amides is 2. The SMILES string of the molecule is CCC(c1ccccc1)C1c2cc(OC)c(OC)cc2CCN1CCN(C(N)=O)c1cnc2ccccc2c1. The van der Waals surface area contributed by atoms with Gasteiger partial charge in [-0.15, -0.1) is 0 Å². The maximum Gasteiger partial charge on any atom is 0.319 e. The Bertz CT molecular complexity index is 1440. The van der Waals surface area contributed by atoms with Crippen molar-refractivity contribution in [3.63, 3.8) is 0 Å². The largest absolute Gasteiger partial charge is 0.493 e. The van der Waals surface area contributed by atoms with Crippen LogP contribution in [0.2, 0.25) is 0 Å². The zero-order valence-electron chi connectivity index (χ0n) is 22.8. The van der Waals surface area contributed by atoms with Gasteiger partial charge in [-0.25, -0.2) is 4.79 Å². The zero-order valence-corrected chi connectivity index (χ0v) is 22.8. The summed E-state index contributed by atoms with van der Waals surface area (Å²) in [6, 6.07) is 24.4. The molecule has 0 saturated heterocycles. The smallest absolute Gasteiger partial charge is 0.319 e. The number of anilines is 1. The van der Waals surface area contributed by atoms with Crippen molar-refractivity contribution in [1.82, 2.24) is 9.88 Å². The van der Waals surface area contributed by atoms with Crippen LogP contribution in [0.1, 0.15) is 42.0 Å². The van der Waals surface area contributed by atoms with Gasteiger partial charge in [-0.2, -0.15) is 0 Å². The molecule has 202 valence electrons. The Hall–Kier alpha value is -4.10. The highest BCUT2D eigenvalue weighted by atomic mass is 16.5. The quantitative estimate of drug-likeness (QED) is 0.294. The molecule has 0 spiro atoms. The van der Waals surface area contributed by atoms with E-state index >= 15 is 0 Å².